The molecule has 0 saturated heterocycles. The van der Waals surface area contributed by atoms with Crippen LogP contribution < -0.4 is 0 Å². The zero-order valence-electron chi connectivity index (χ0n) is 11.2. The van der Waals surface area contributed by atoms with E-state index in [0.717, 1.165) is 23.5 Å². The number of hydrogen-bond acceptors (Lipinski definition) is 2. The second-order valence-electron chi connectivity index (χ2n) is 4.82. The van der Waals surface area contributed by atoms with Crippen molar-refractivity contribution >= 4 is 35.0 Å². The summed E-state index contributed by atoms with van der Waals surface area (Å²) < 4.78 is 0.830. The molecule has 0 aromatic carbocycles. The van der Waals surface area contributed by atoms with Gasteiger partial charge in [-0.15, -0.1) is 12.6 Å². The Balaban J connectivity index is 2.99. The molecule has 0 bridgehead atoms. The van der Waals surface area contributed by atoms with Crippen molar-refractivity contribution < 1.29 is 9.90 Å². The molecule has 18 heavy (non-hydrogen) atoms. The number of carboxylic acids is 1. The van der Waals surface area contributed by atoms with Crippen LogP contribution in [-0.4, -0.2) is 15.3 Å². The first-order valence-electron chi connectivity index (χ1n) is 7.06. The van der Waals surface area contributed by atoms with Gasteiger partial charge in [-0.1, -0.05) is 63.6 Å². The molecular formula is C14H26O2S2. The third-order valence-corrected chi connectivity index (χ3v) is 3.46. The smallest absolute Gasteiger partial charge is 0.303 e. The van der Waals surface area contributed by atoms with Gasteiger partial charge in [0.25, 0.3) is 0 Å². The molecule has 0 aromatic heterocycles. The topological polar surface area (TPSA) is 37.3 Å². The Morgan fingerprint density at radius 3 is 1.44 bits per heavy atom. The molecule has 0 rings (SSSR count). The fourth-order valence-corrected chi connectivity index (χ4v) is 2.27. The van der Waals surface area contributed by atoms with Crippen LogP contribution in [0.15, 0.2) is 0 Å². The lowest BCUT2D eigenvalue weighted by Crippen LogP contribution is -1.93. The molecule has 0 aliphatic carbocycles. The number of carbonyl (C=O) groups is 1. The monoisotopic (exact) mass is 290 g/mol. The van der Waals surface area contributed by atoms with E-state index in [9.17, 15) is 4.79 Å². The molecule has 1 N–H and O–H groups in total. The highest BCUT2D eigenvalue weighted by molar-refractivity contribution is 8.11. The standard InChI is InChI=1S/C14H26O2S2/c15-13(16)11-9-7-5-3-1-2-4-6-8-10-12-14(17)18/h1-12H2,(H,15,16)(H,17,18). The maximum Gasteiger partial charge on any atom is 0.303 e. The van der Waals surface area contributed by atoms with Gasteiger partial charge in [-0.2, -0.15) is 0 Å². The van der Waals surface area contributed by atoms with Gasteiger partial charge in [0, 0.05) is 10.6 Å². The first-order chi connectivity index (χ1) is 8.63. The van der Waals surface area contributed by atoms with Gasteiger partial charge in [0.05, 0.1) is 0 Å². The van der Waals surface area contributed by atoms with Crippen molar-refractivity contribution in [1.29, 1.82) is 0 Å². The molecule has 106 valence electrons. The predicted octanol–water partition coefficient (Wildman–Crippen LogP) is 5.01. The summed E-state index contributed by atoms with van der Waals surface area (Å²) in [6.07, 6.45) is 13.3. The maximum absolute atomic E-state index is 10.3. The Bertz CT molecular complexity index is 206. The van der Waals surface area contributed by atoms with E-state index in [1.807, 2.05) is 0 Å². The number of unbranched alkanes of at least 4 members (excludes halogenated alkanes) is 9. The molecule has 0 atom stereocenters. The Kier molecular flexibility index (Phi) is 13.3. The third kappa shape index (κ3) is 15.9. The van der Waals surface area contributed by atoms with Gasteiger partial charge >= 0.3 is 5.97 Å². The van der Waals surface area contributed by atoms with Crippen LogP contribution in [0.25, 0.3) is 0 Å². The second kappa shape index (κ2) is 13.3. The Morgan fingerprint density at radius 1 is 0.778 bits per heavy atom. The van der Waals surface area contributed by atoms with Gasteiger partial charge in [0.15, 0.2) is 0 Å². The van der Waals surface area contributed by atoms with Crippen LogP contribution in [-0.2, 0) is 4.79 Å². The van der Waals surface area contributed by atoms with Crippen LogP contribution in [0.3, 0.4) is 0 Å². The van der Waals surface area contributed by atoms with E-state index in [-0.39, 0.29) is 0 Å². The van der Waals surface area contributed by atoms with E-state index in [1.54, 1.807) is 0 Å². The lowest BCUT2D eigenvalue weighted by Gasteiger charge is -2.02. The molecule has 2 nitrogen and oxygen atoms in total. The quantitative estimate of drug-likeness (QED) is 0.284. The largest absolute Gasteiger partial charge is 0.481 e. The van der Waals surface area contributed by atoms with Gasteiger partial charge in [-0.05, 0) is 19.3 Å². The molecule has 0 aromatic rings. The summed E-state index contributed by atoms with van der Waals surface area (Å²) in [4.78, 5) is 10.3. The summed E-state index contributed by atoms with van der Waals surface area (Å²) in [5.41, 5.74) is 0. The normalized spacial score (nSPS) is 10.5. The lowest BCUT2D eigenvalue weighted by molar-refractivity contribution is -0.137. The highest BCUT2D eigenvalue weighted by Gasteiger charge is 1.97. The molecule has 4 heteroatoms. The summed E-state index contributed by atoms with van der Waals surface area (Å²) in [5.74, 6) is -0.671. The van der Waals surface area contributed by atoms with Gasteiger partial charge in [0.1, 0.15) is 0 Å². The number of thiocarbonyl (C=S) groups is 1. The van der Waals surface area contributed by atoms with Crippen LogP contribution in [0.2, 0.25) is 0 Å². The Labute approximate surface area is 122 Å². The van der Waals surface area contributed by atoms with Crippen molar-refractivity contribution in [1.82, 2.24) is 0 Å². The number of hydrogen-bond donors (Lipinski definition) is 2. The van der Waals surface area contributed by atoms with E-state index < -0.39 is 5.97 Å². The van der Waals surface area contributed by atoms with Gasteiger partial charge in [0.2, 0.25) is 0 Å². The average Bonchev–Trinajstić information content (AvgIpc) is 2.29. The minimum atomic E-state index is -0.671. The van der Waals surface area contributed by atoms with Crippen LogP contribution in [0.4, 0.5) is 0 Å². The van der Waals surface area contributed by atoms with Gasteiger partial charge in [-0.25, -0.2) is 0 Å². The van der Waals surface area contributed by atoms with E-state index >= 15 is 0 Å². The second-order valence-corrected chi connectivity index (χ2v) is 6.16. The zero-order valence-corrected chi connectivity index (χ0v) is 12.9. The molecule has 0 saturated carbocycles. The van der Waals surface area contributed by atoms with Crippen LogP contribution in [0, 0.1) is 0 Å². The van der Waals surface area contributed by atoms with E-state index in [4.69, 9.17) is 17.3 Å². The minimum absolute atomic E-state index is 0.326. The summed E-state index contributed by atoms with van der Waals surface area (Å²) in [6, 6.07) is 0. The van der Waals surface area contributed by atoms with Crippen LogP contribution >= 0.6 is 24.8 Å². The van der Waals surface area contributed by atoms with Crippen molar-refractivity contribution in [2.45, 2.75) is 77.0 Å². The SMILES string of the molecule is O=C(O)CCCCCCCCCCCCC(=S)S. The summed E-state index contributed by atoms with van der Waals surface area (Å²) >= 11 is 9.01. The van der Waals surface area contributed by atoms with Crippen LogP contribution in [0.5, 0.6) is 0 Å². The summed E-state index contributed by atoms with van der Waals surface area (Å²) in [6.45, 7) is 0. The van der Waals surface area contributed by atoms with Crippen molar-refractivity contribution in [2.75, 3.05) is 0 Å². The molecule has 0 amide bonds. The first kappa shape index (κ1) is 17.9. The minimum Gasteiger partial charge on any atom is -0.481 e. The average molecular weight is 290 g/mol. The maximum atomic E-state index is 10.3. The fraction of sp³-hybridized carbons (Fsp3) is 0.857. The van der Waals surface area contributed by atoms with Gasteiger partial charge < -0.3 is 5.11 Å². The van der Waals surface area contributed by atoms with Crippen molar-refractivity contribution in [2.24, 2.45) is 0 Å². The first-order valence-corrected chi connectivity index (χ1v) is 7.92. The molecule has 0 unspecified atom stereocenters. The molecule has 0 aliphatic rings. The van der Waals surface area contributed by atoms with Crippen molar-refractivity contribution in [3.05, 3.63) is 0 Å². The van der Waals surface area contributed by atoms with E-state index in [2.05, 4.69) is 12.6 Å². The highest BCUT2D eigenvalue weighted by atomic mass is 32.1. The van der Waals surface area contributed by atoms with E-state index in [0.29, 0.717) is 6.42 Å². The number of rotatable bonds is 13. The lowest BCUT2D eigenvalue weighted by atomic mass is 10.1. The fourth-order valence-electron chi connectivity index (χ4n) is 1.97. The molecule has 0 heterocycles. The molecule has 0 spiro atoms. The summed E-state index contributed by atoms with van der Waals surface area (Å²) in [5, 5.41) is 8.48. The highest BCUT2D eigenvalue weighted by Crippen LogP contribution is 2.12. The number of thiol groups is 1. The third-order valence-electron chi connectivity index (χ3n) is 3.03. The van der Waals surface area contributed by atoms with E-state index in [1.165, 1.54) is 51.4 Å². The van der Waals surface area contributed by atoms with Crippen molar-refractivity contribution in [3.63, 3.8) is 0 Å². The Hall–Kier alpha value is -0.0900. The Morgan fingerprint density at radius 2 is 1.11 bits per heavy atom. The molecule has 0 aliphatic heterocycles. The van der Waals surface area contributed by atoms with Gasteiger partial charge in [-0.3, -0.25) is 4.79 Å². The zero-order chi connectivity index (χ0) is 13.6. The van der Waals surface area contributed by atoms with Crippen molar-refractivity contribution in [3.8, 4) is 0 Å². The molecule has 0 fully saturated rings. The molecule has 0 radical (unpaired) electrons. The summed E-state index contributed by atoms with van der Waals surface area (Å²) in [7, 11) is 0. The molecular weight excluding hydrogens is 264 g/mol. The number of carboxylic acid groups (broad SMARTS) is 1. The number of aliphatic carboxylic acids is 1. The van der Waals surface area contributed by atoms with Crippen LogP contribution in [0.1, 0.15) is 77.0 Å². The predicted molar refractivity (Wildman–Crippen MR) is 84.6 cm³/mol.